The van der Waals surface area contributed by atoms with Gasteiger partial charge in [-0.3, -0.25) is 0 Å². The van der Waals surface area contributed by atoms with Crippen LogP contribution in [0.2, 0.25) is 0 Å². The summed E-state index contributed by atoms with van der Waals surface area (Å²) < 4.78 is 9.44. The van der Waals surface area contributed by atoms with Crippen LogP contribution in [0.15, 0.2) is 0 Å². The van der Waals surface area contributed by atoms with Gasteiger partial charge in [-0.25, -0.2) is 4.79 Å². The summed E-state index contributed by atoms with van der Waals surface area (Å²) in [6, 6.07) is 0. The van der Waals surface area contributed by atoms with Crippen molar-refractivity contribution >= 4 is 17.6 Å². The van der Waals surface area contributed by atoms with Crippen LogP contribution in [0.4, 0.5) is 0 Å². The van der Waals surface area contributed by atoms with Gasteiger partial charge in [0, 0.05) is 7.11 Å². The van der Waals surface area contributed by atoms with E-state index in [1.54, 1.807) is 20.8 Å². The molecule has 0 amide bonds. The Balaban J connectivity index is 3.88. The van der Waals surface area contributed by atoms with Crippen molar-refractivity contribution in [1.29, 1.82) is 0 Å². The summed E-state index contributed by atoms with van der Waals surface area (Å²) in [5.74, 6) is -0.554. The van der Waals surface area contributed by atoms with Crippen molar-refractivity contribution in [3.8, 4) is 0 Å². The average molecular weight is 181 g/mol. The van der Waals surface area contributed by atoms with Crippen molar-refractivity contribution in [3.05, 3.63) is 0 Å². The predicted octanol–water partition coefficient (Wildman–Crippen LogP) is 1.54. The van der Waals surface area contributed by atoms with E-state index >= 15 is 0 Å². The Labute approximate surface area is 71.6 Å². The third kappa shape index (κ3) is 5.04. The second kappa shape index (κ2) is 3.93. The monoisotopic (exact) mass is 180 g/mol. The number of esters is 1. The lowest BCUT2D eigenvalue weighted by Gasteiger charge is -2.20. The van der Waals surface area contributed by atoms with E-state index in [9.17, 15) is 4.79 Å². The van der Waals surface area contributed by atoms with E-state index in [0.717, 1.165) is 0 Å². The van der Waals surface area contributed by atoms with Gasteiger partial charge in [0.15, 0.2) is 0 Å². The summed E-state index contributed by atoms with van der Waals surface area (Å²) in [6.07, 6.45) is 0. The molecule has 66 valence electrons. The first-order valence-corrected chi connectivity index (χ1v) is 3.70. The molecule has 3 nitrogen and oxygen atoms in total. The van der Waals surface area contributed by atoms with Crippen LogP contribution < -0.4 is 0 Å². The van der Waals surface area contributed by atoms with Gasteiger partial charge in [-0.1, -0.05) is 11.6 Å². The molecule has 0 saturated heterocycles. The minimum atomic E-state index is -1.01. The molecule has 0 aromatic carbocycles. The van der Waals surface area contributed by atoms with E-state index < -0.39 is 17.1 Å². The predicted molar refractivity (Wildman–Crippen MR) is 42.5 cm³/mol. The molecule has 0 aromatic rings. The maximum Gasteiger partial charge on any atom is 0.351 e. The molecule has 0 heterocycles. The molecule has 1 atom stereocenters. The van der Waals surface area contributed by atoms with Gasteiger partial charge in [0.05, 0.1) is 0 Å². The molecule has 1 unspecified atom stereocenters. The SMILES string of the molecule is COC(Cl)C(=O)OC(C)(C)C. The molecular formula is C7H13ClO3. The van der Waals surface area contributed by atoms with Crippen molar-refractivity contribution in [2.45, 2.75) is 31.9 Å². The number of hydrogen-bond acceptors (Lipinski definition) is 3. The third-order valence-corrected chi connectivity index (χ3v) is 1.16. The van der Waals surface area contributed by atoms with Crippen LogP contribution in [0.25, 0.3) is 0 Å². The lowest BCUT2D eigenvalue weighted by atomic mass is 10.2. The second-order valence-corrected chi connectivity index (χ2v) is 3.48. The van der Waals surface area contributed by atoms with Crippen molar-refractivity contribution in [3.63, 3.8) is 0 Å². The molecule has 0 rings (SSSR count). The van der Waals surface area contributed by atoms with E-state index in [1.807, 2.05) is 0 Å². The zero-order valence-corrected chi connectivity index (χ0v) is 7.94. The highest BCUT2D eigenvalue weighted by Crippen LogP contribution is 2.10. The lowest BCUT2D eigenvalue weighted by Crippen LogP contribution is -2.29. The number of rotatable bonds is 2. The Morgan fingerprint density at radius 3 is 2.18 bits per heavy atom. The van der Waals surface area contributed by atoms with Gasteiger partial charge in [-0.2, -0.15) is 0 Å². The van der Waals surface area contributed by atoms with Crippen molar-refractivity contribution in [2.75, 3.05) is 7.11 Å². The fourth-order valence-corrected chi connectivity index (χ4v) is 0.489. The Morgan fingerprint density at radius 2 is 1.91 bits per heavy atom. The molecule has 0 aliphatic rings. The van der Waals surface area contributed by atoms with Crippen molar-refractivity contribution < 1.29 is 14.3 Å². The number of carbonyl (C=O) groups excluding carboxylic acids is 1. The molecule has 0 radical (unpaired) electrons. The first-order valence-electron chi connectivity index (χ1n) is 3.26. The Bertz CT molecular complexity index is 139. The number of carbonyl (C=O) groups is 1. The third-order valence-electron chi connectivity index (χ3n) is 0.799. The second-order valence-electron chi connectivity index (χ2n) is 3.09. The first-order chi connectivity index (χ1) is 4.87. The molecule has 0 saturated carbocycles. The number of hydrogen-bond donors (Lipinski definition) is 0. The average Bonchev–Trinajstić information content (AvgIpc) is 1.82. The number of alkyl halides is 1. The fourth-order valence-electron chi connectivity index (χ4n) is 0.444. The smallest absolute Gasteiger partial charge is 0.351 e. The Morgan fingerprint density at radius 1 is 1.45 bits per heavy atom. The minimum absolute atomic E-state index is 0.511. The summed E-state index contributed by atoms with van der Waals surface area (Å²) in [7, 11) is 1.35. The van der Waals surface area contributed by atoms with Gasteiger partial charge in [-0.15, -0.1) is 0 Å². The zero-order valence-electron chi connectivity index (χ0n) is 7.18. The van der Waals surface area contributed by atoms with Crippen LogP contribution in [0.5, 0.6) is 0 Å². The van der Waals surface area contributed by atoms with Crippen LogP contribution in [0.1, 0.15) is 20.8 Å². The summed E-state index contributed by atoms with van der Waals surface area (Å²) >= 11 is 5.43. The van der Waals surface area contributed by atoms with E-state index in [2.05, 4.69) is 4.74 Å². The zero-order chi connectivity index (χ0) is 9.07. The van der Waals surface area contributed by atoms with Gasteiger partial charge >= 0.3 is 5.97 Å². The van der Waals surface area contributed by atoms with Crippen LogP contribution in [0.3, 0.4) is 0 Å². The maximum atomic E-state index is 10.9. The van der Waals surface area contributed by atoms with Crippen LogP contribution in [-0.4, -0.2) is 24.2 Å². The normalized spacial score (nSPS) is 14.3. The van der Waals surface area contributed by atoms with Crippen LogP contribution in [-0.2, 0) is 14.3 Å². The summed E-state index contributed by atoms with van der Waals surface area (Å²) in [4.78, 5) is 10.9. The van der Waals surface area contributed by atoms with Crippen LogP contribution >= 0.6 is 11.6 Å². The molecule has 0 aliphatic carbocycles. The van der Waals surface area contributed by atoms with Gasteiger partial charge in [0.25, 0.3) is 0 Å². The number of methoxy groups -OCH3 is 1. The standard InChI is InChI=1S/C7H13ClO3/c1-7(2,3)11-6(9)5(8)10-4/h5H,1-4H3. The van der Waals surface area contributed by atoms with Gasteiger partial charge in [0.1, 0.15) is 5.60 Å². The van der Waals surface area contributed by atoms with E-state index in [-0.39, 0.29) is 0 Å². The first kappa shape index (κ1) is 10.7. The van der Waals surface area contributed by atoms with E-state index in [0.29, 0.717) is 0 Å². The fraction of sp³-hybridized carbons (Fsp3) is 0.857. The molecule has 4 heteroatoms. The van der Waals surface area contributed by atoms with Gasteiger partial charge in [-0.05, 0) is 20.8 Å². The highest BCUT2D eigenvalue weighted by molar-refractivity contribution is 6.28. The molecule has 0 aliphatic heterocycles. The molecule has 0 N–H and O–H groups in total. The minimum Gasteiger partial charge on any atom is -0.457 e. The topological polar surface area (TPSA) is 35.5 Å². The molecule has 0 aromatic heterocycles. The highest BCUT2D eigenvalue weighted by atomic mass is 35.5. The Kier molecular flexibility index (Phi) is 3.83. The molecule has 11 heavy (non-hydrogen) atoms. The molecule has 0 spiro atoms. The molecular weight excluding hydrogens is 168 g/mol. The quantitative estimate of drug-likeness (QED) is 0.478. The molecule has 0 bridgehead atoms. The number of ether oxygens (including phenoxy) is 2. The summed E-state index contributed by atoms with van der Waals surface area (Å²) in [5.41, 5.74) is -1.52. The summed E-state index contributed by atoms with van der Waals surface area (Å²) in [5, 5.41) is 0. The van der Waals surface area contributed by atoms with E-state index in [4.69, 9.17) is 16.3 Å². The largest absolute Gasteiger partial charge is 0.457 e. The van der Waals surface area contributed by atoms with Gasteiger partial charge < -0.3 is 9.47 Å². The molecule has 0 fully saturated rings. The van der Waals surface area contributed by atoms with Crippen LogP contribution in [0, 0.1) is 0 Å². The van der Waals surface area contributed by atoms with Crippen molar-refractivity contribution in [1.82, 2.24) is 0 Å². The number of halogens is 1. The van der Waals surface area contributed by atoms with E-state index in [1.165, 1.54) is 7.11 Å². The summed E-state index contributed by atoms with van der Waals surface area (Å²) in [6.45, 7) is 5.30. The highest BCUT2D eigenvalue weighted by Gasteiger charge is 2.22. The Hall–Kier alpha value is -0.280. The lowest BCUT2D eigenvalue weighted by molar-refractivity contribution is -0.161. The van der Waals surface area contributed by atoms with Crippen molar-refractivity contribution in [2.24, 2.45) is 0 Å². The maximum absolute atomic E-state index is 10.9. The van der Waals surface area contributed by atoms with Gasteiger partial charge in [0.2, 0.25) is 5.56 Å².